The first-order valence-electron chi connectivity index (χ1n) is 8.14. The van der Waals surface area contributed by atoms with Gasteiger partial charge >= 0.3 is 0 Å². The first-order valence-corrected chi connectivity index (χ1v) is 8.14. The van der Waals surface area contributed by atoms with Gasteiger partial charge in [0, 0.05) is 18.6 Å². The summed E-state index contributed by atoms with van der Waals surface area (Å²) in [6.45, 7) is 8.02. The van der Waals surface area contributed by atoms with E-state index in [-0.39, 0.29) is 0 Å². The summed E-state index contributed by atoms with van der Waals surface area (Å²) in [6, 6.07) is 7.70. The summed E-state index contributed by atoms with van der Waals surface area (Å²) < 4.78 is 0. The van der Waals surface area contributed by atoms with Crippen LogP contribution in [0.25, 0.3) is 0 Å². The van der Waals surface area contributed by atoms with Gasteiger partial charge in [-0.05, 0) is 77.6 Å². The Bertz CT molecular complexity index is 438. The minimum absolute atomic E-state index is 0.496. The molecule has 1 heterocycles. The predicted molar refractivity (Wildman–Crippen MR) is 91.0 cm³/mol. The molecule has 0 bridgehead atoms. The number of hydrogen-bond acceptors (Lipinski definition) is 3. The maximum Gasteiger partial charge on any atom is 0.0376 e. The van der Waals surface area contributed by atoms with Crippen LogP contribution in [0.5, 0.6) is 0 Å². The van der Waals surface area contributed by atoms with E-state index in [1.807, 2.05) is 0 Å². The van der Waals surface area contributed by atoms with Crippen molar-refractivity contribution in [1.82, 2.24) is 15.1 Å². The number of nitrogens with zero attached hydrogens (tertiary/aromatic N) is 2. The zero-order chi connectivity index (χ0) is 15.4. The molecule has 0 aliphatic carbocycles. The molecule has 118 valence electrons. The Hall–Kier alpha value is -0.900. The van der Waals surface area contributed by atoms with Gasteiger partial charge in [0.25, 0.3) is 0 Å². The molecule has 0 amide bonds. The van der Waals surface area contributed by atoms with Crippen LogP contribution in [0, 0.1) is 13.8 Å². The first-order chi connectivity index (χ1) is 10.0. The van der Waals surface area contributed by atoms with Crippen LogP contribution in [0.1, 0.15) is 23.1 Å². The number of rotatable bonds is 4. The summed E-state index contributed by atoms with van der Waals surface area (Å²) in [4.78, 5) is 5.02. The van der Waals surface area contributed by atoms with Crippen LogP contribution >= 0.6 is 0 Å². The maximum absolute atomic E-state index is 3.59. The zero-order valence-corrected chi connectivity index (χ0v) is 14.3. The highest BCUT2D eigenvalue weighted by Gasteiger charge is 2.28. The van der Waals surface area contributed by atoms with Crippen molar-refractivity contribution in [3.8, 4) is 0 Å². The Morgan fingerprint density at radius 2 is 1.86 bits per heavy atom. The van der Waals surface area contributed by atoms with Crippen molar-refractivity contribution < 1.29 is 0 Å². The Morgan fingerprint density at radius 3 is 2.48 bits per heavy atom. The van der Waals surface area contributed by atoms with E-state index in [0.717, 1.165) is 13.0 Å². The summed E-state index contributed by atoms with van der Waals surface area (Å²) in [6.07, 6.45) is 2.38. The highest BCUT2D eigenvalue weighted by Crippen LogP contribution is 2.19. The van der Waals surface area contributed by atoms with E-state index in [9.17, 15) is 0 Å². The fourth-order valence-electron chi connectivity index (χ4n) is 3.56. The van der Waals surface area contributed by atoms with Crippen molar-refractivity contribution in [1.29, 1.82) is 0 Å². The molecule has 0 aromatic heterocycles. The molecule has 2 rings (SSSR count). The van der Waals surface area contributed by atoms with Crippen LogP contribution in [0.3, 0.4) is 0 Å². The smallest absolute Gasteiger partial charge is 0.0376 e. The fourth-order valence-corrected chi connectivity index (χ4v) is 3.56. The molecule has 3 heteroatoms. The second kappa shape index (κ2) is 7.39. The summed E-state index contributed by atoms with van der Waals surface area (Å²) >= 11 is 0. The van der Waals surface area contributed by atoms with E-state index in [2.05, 4.69) is 68.3 Å². The van der Waals surface area contributed by atoms with Crippen molar-refractivity contribution in [2.75, 3.05) is 40.8 Å². The molecular weight excluding hydrogens is 258 g/mol. The molecule has 2 atom stereocenters. The summed E-state index contributed by atoms with van der Waals surface area (Å²) in [7, 11) is 6.63. The van der Waals surface area contributed by atoms with Gasteiger partial charge in [-0.2, -0.15) is 0 Å². The molecule has 3 nitrogen and oxygen atoms in total. The average Bonchev–Trinajstić information content (AvgIpc) is 2.60. The summed E-state index contributed by atoms with van der Waals surface area (Å²) in [5.74, 6) is 0. The lowest BCUT2D eigenvalue weighted by Crippen LogP contribution is -2.52. The van der Waals surface area contributed by atoms with Crippen molar-refractivity contribution in [3.63, 3.8) is 0 Å². The van der Waals surface area contributed by atoms with Gasteiger partial charge in [0.15, 0.2) is 0 Å². The third-order valence-electron chi connectivity index (χ3n) is 5.02. The van der Waals surface area contributed by atoms with Gasteiger partial charge in [0.1, 0.15) is 0 Å². The molecule has 0 saturated carbocycles. The minimum Gasteiger partial charge on any atom is -0.315 e. The topological polar surface area (TPSA) is 18.5 Å². The highest BCUT2D eigenvalue weighted by atomic mass is 15.2. The number of nitrogens with one attached hydrogen (secondary N) is 1. The molecular formula is C18H31N3. The van der Waals surface area contributed by atoms with Crippen LogP contribution < -0.4 is 5.32 Å². The van der Waals surface area contributed by atoms with E-state index in [1.165, 1.54) is 36.2 Å². The van der Waals surface area contributed by atoms with Crippen molar-refractivity contribution in [3.05, 3.63) is 34.9 Å². The maximum atomic E-state index is 3.59. The number of benzene rings is 1. The molecule has 1 aromatic carbocycles. The van der Waals surface area contributed by atoms with Crippen molar-refractivity contribution in [2.24, 2.45) is 0 Å². The molecule has 1 aliphatic heterocycles. The third-order valence-corrected chi connectivity index (χ3v) is 5.02. The normalized spacial score (nSPS) is 23.0. The van der Waals surface area contributed by atoms with Crippen molar-refractivity contribution in [2.45, 2.75) is 38.8 Å². The SMILES string of the molecule is CNC(Cc1c(C)cccc1C)C1CN(C)CCCN1C. The molecule has 0 spiro atoms. The van der Waals surface area contributed by atoms with Gasteiger partial charge in [0.05, 0.1) is 0 Å². The van der Waals surface area contributed by atoms with Crippen LogP contribution in [-0.4, -0.2) is 62.7 Å². The van der Waals surface area contributed by atoms with Gasteiger partial charge < -0.3 is 15.1 Å². The molecule has 21 heavy (non-hydrogen) atoms. The Morgan fingerprint density at radius 1 is 1.19 bits per heavy atom. The predicted octanol–water partition coefficient (Wildman–Crippen LogP) is 2.07. The Balaban J connectivity index is 2.18. The van der Waals surface area contributed by atoms with Crippen LogP contribution in [0.4, 0.5) is 0 Å². The molecule has 1 fully saturated rings. The molecule has 1 saturated heterocycles. The van der Waals surface area contributed by atoms with E-state index in [1.54, 1.807) is 0 Å². The lowest BCUT2D eigenvalue weighted by atomic mass is 9.92. The monoisotopic (exact) mass is 289 g/mol. The van der Waals surface area contributed by atoms with Gasteiger partial charge in [0.2, 0.25) is 0 Å². The molecule has 1 aromatic rings. The molecule has 1 aliphatic rings. The Kier molecular flexibility index (Phi) is 5.80. The molecule has 0 radical (unpaired) electrons. The number of hydrogen-bond donors (Lipinski definition) is 1. The molecule has 2 unspecified atom stereocenters. The molecule has 1 N–H and O–H groups in total. The van der Waals surface area contributed by atoms with Gasteiger partial charge in [-0.1, -0.05) is 18.2 Å². The van der Waals surface area contributed by atoms with Gasteiger partial charge in [-0.3, -0.25) is 0 Å². The highest BCUT2D eigenvalue weighted by molar-refractivity contribution is 5.34. The third kappa shape index (κ3) is 4.06. The quantitative estimate of drug-likeness (QED) is 0.915. The lowest BCUT2D eigenvalue weighted by molar-refractivity contribution is 0.181. The van der Waals surface area contributed by atoms with Gasteiger partial charge in [-0.25, -0.2) is 0 Å². The zero-order valence-electron chi connectivity index (χ0n) is 14.3. The van der Waals surface area contributed by atoms with Gasteiger partial charge in [-0.15, -0.1) is 0 Å². The number of likely N-dealkylation sites (N-methyl/N-ethyl adjacent to an activating group) is 3. The second-order valence-corrected chi connectivity index (χ2v) is 6.63. The first kappa shape index (κ1) is 16.5. The minimum atomic E-state index is 0.496. The fraction of sp³-hybridized carbons (Fsp3) is 0.667. The van der Waals surface area contributed by atoms with Crippen LogP contribution in [0.15, 0.2) is 18.2 Å². The van der Waals surface area contributed by atoms with E-state index < -0.39 is 0 Å². The van der Waals surface area contributed by atoms with E-state index in [4.69, 9.17) is 0 Å². The standard InChI is InChI=1S/C18H31N3/c1-14-8-6-9-15(2)16(14)12-17(19-3)18-13-20(4)10-7-11-21(18)5/h6,8-9,17-19H,7,10-13H2,1-5H3. The second-order valence-electron chi connectivity index (χ2n) is 6.63. The summed E-state index contributed by atoms with van der Waals surface area (Å²) in [5.41, 5.74) is 4.34. The van der Waals surface area contributed by atoms with Crippen LogP contribution in [-0.2, 0) is 6.42 Å². The lowest BCUT2D eigenvalue weighted by Gasteiger charge is -2.35. The number of aryl methyl sites for hydroxylation is 2. The van der Waals surface area contributed by atoms with E-state index >= 15 is 0 Å². The van der Waals surface area contributed by atoms with Crippen LogP contribution in [0.2, 0.25) is 0 Å². The van der Waals surface area contributed by atoms with E-state index in [0.29, 0.717) is 12.1 Å². The van der Waals surface area contributed by atoms with Crippen molar-refractivity contribution >= 4 is 0 Å². The Labute approximate surface area is 130 Å². The largest absolute Gasteiger partial charge is 0.315 e. The average molecular weight is 289 g/mol. The summed E-state index contributed by atoms with van der Waals surface area (Å²) in [5, 5.41) is 3.59.